The number of likely N-dealkylation sites (tertiary alicyclic amines) is 1. The van der Waals surface area contributed by atoms with Gasteiger partial charge in [0.1, 0.15) is 5.82 Å². The van der Waals surface area contributed by atoms with Crippen LogP contribution in [0.1, 0.15) is 12.0 Å². The number of aliphatic hydroxyl groups is 2. The van der Waals surface area contributed by atoms with Crippen molar-refractivity contribution in [3.05, 3.63) is 34.6 Å². The summed E-state index contributed by atoms with van der Waals surface area (Å²) in [5.41, 5.74) is 0.578. The Bertz CT molecular complexity index is 416. The minimum atomic E-state index is -0.542. The summed E-state index contributed by atoms with van der Waals surface area (Å²) < 4.78 is 13.6. The molecule has 0 aromatic heterocycles. The Hall–Kier alpha value is -0.680. The number of hydrogen-bond donors (Lipinski definition) is 2. The van der Waals surface area contributed by atoms with Gasteiger partial charge < -0.3 is 10.2 Å². The summed E-state index contributed by atoms with van der Waals surface area (Å²) in [6.07, 6.45) is 0.187. The van der Waals surface area contributed by atoms with Gasteiger partial charge in [0.05, 0.1) is 6.10 Å². The molecular formula is C13H17ClFNO2. The van der Waals surface area contributed by atoms with Gasteiger partial charge in [-0.25, -0.2) is 4.39 Å². The van der Waals surface area contributed by atoms with Crippen LogP contribution in [-0.4, -0.2) is 40.9 Å². The maximum absolute atomic E-state index is 13.6. The summed E-state index contributed by atoms with van der Waals surface area (Å²) in [5.74, 6) is -0.377. The molecule has 0 aliphatic carbocycles. The first kappa shape index (κ1) is 13.7. The van der Waals surface area contributed by atoms with Crippen LogP contribution in [0.25, 0.3) is 0 Å². The zero-order valence-electron chi connectivity index (χ0n) is 10.0. The molecule has 0 bridgehead atoms. The second kappa shape index (κ2) is 5.97. The maximum atomic E-state index is 13.6. The number of halogens is 2. The fraction of sp³-hybridized carbons (Fsp3) is 0.538. The average Bonchev–Trinajstić information content (AvgIpc) is 2.33. The Balaban J connectivity index is 1.98. The molecule has 0 unspecified atom stereocenters. The lowest BCUT2D eigenvalue weighted by Gasteiger charge is -2.35. The number of hydrogen-bond acceptors (Lipinski definition) is 3. The van der Waals surface area contributed by atoms with Crippen molar-refractivity contribution >= 4 is 11.6 Å². The van der Waals surface area contributed by atoms with E-state index in [-0.39, 0.29) is 18.3 Å². The van der Waals surface area contributed by atoms with E-state index in [0.29, 0.717) is 23.7 Å². The van der Waals surface area contributed by atoms with Gasteiger partial charge in [-0.05, 0) is 25.1 Å². The highest BCUT2D eigenvalue weighted by molar-refractivity contribution is 6.30. The summed E-state index contributed by atoms with van der Waals surface area (Å²) in [6.45, 7) is 1.68. The lowest BCUT2D eigenvalue weighted by Crippen LogP contribution is -2.44. The van der Waals surface area contributed by atoms with E-state index in [9.17, 15) is 9.50 Å². The standard InChI is InChI=1S/C13H17ClFNO2/c14-11-2-1-9(12(15)5-11)6-16-4-3-10(8-17)13(18)7-16/h1-2,5,10,13,17-18H,3-4,6-8H2/t10-,13+/m1/s1. The third-order valence-corrected chi connectivity index (χ3v) is 3.68. The molecule has 2 atom stereocenters. The highest BCUT2D eigenvalue weighted by Gasteiger charge is 2.27. The van der Waals surface area contributed by atoms with E-state index < -0.39 is 6.10 Å². The van der Waals surface area contributed by atoms with Crippen LogP contribution in [-0.2, 0) is 6.54 Å². The molecular weight excluding hydrogens is 257 g/mol. The number of nitrogens with zero attached hydrogens (tertiary/aromatic N) is 1. The first-order valence-corrected chi connectivity index (χ1v) is 6.43. The molecule has 0 amide bonds. The summed E-state index contributed by atoms with van der Waals surface area (Å²) in [4.78, 5) is 1.99. The van der Waals surface area contributed by atoms with Crippen LogP contribution in [0.4, 0.5) is 4.39 Å². The van der Waals surface area contributed by atoms with E-state index in [1.807, 2.05) is 4.90 Å². The Morgan fingerprint density at radius 3 is 2.83 bits per heavy atom. The highest BCUT2D eigenvalue weighted by atomic mass is 35.5. The molecule has 1 aliphatic rings. The molecule has 1 aliphatic heterocycles. The van der Waals surface area contributed by atoms with E-state index >= 15 is 0 Å². The van der Waals surface area contributed by atoms with Crippen molar-refractivity contribution in [1.82, 2.24) is 4.90 Å². The number of β-amino-alcohol motifs (C(OH)–C–C–N with tert-alkyl or cyclic N) is 1. The molecule has 100 valence electrons. The second-order valence-corrected chi connectivity index (χ2v) is 5.21. The van der Waals surface area contributed by atoms with E-state index in [1.54, 1.807) is 12.1 Å². The lowest BCUT2D eigenvalue weighted by molar-refractivity contribution is -0.00473. The molecule has 0 saturated carbocycles. The molecule has 0 radical (unpaired) electrons. The lowest BCUT2D eigenvalue weighted by atomic mass is 9.94. The fourth-order valence-corrected chi connectivity index (χ4v) is 2.45. The van der Waals surface area contributed by atoms with Crippen LogP contribution in [0.5, 0.6) is 0 Å². The average molecular weight is 274 g/mol. The van der Waals surface area contributed by atoms with Crippen molar-refractivity contribution in [3.63, 3.8) is 0 Å². The van der Waals surface area contributed by atoms with Gasteiger partial charge in [-0.2, -0.15) is 0 Å². The SMILES string of the molecule is OC[C@H]1CCN(Cc2ccc(Cl)cc2F)C[C@@H]1O. The molecule has 1 fully saturated rings. The number of rotatable bonds is 3. The van der Waals surface area contributed by atoms with Gasteiger partial charge in [-0.15, -0.1) is 0 Å². The van der Waals surface area contributed by atoms with Crippen LogP contribution in [0.15, 0.2) is 18.2 Å². The van der Waals surface area contributed by atoms with Crippen LogP contribution in [0.3, 0.4) is 0 Å². The van der Waals surface area contributed by atoms with Gasteiger partial charge in [-0.3, -0.25) is 4.90 Å². The number of aliphatic hydroxyl groups excluding tert-OH is 2. The van der Waals surface area contributed by atoms with E-state index in [0.717, 1.165) is 13.0 Å². The smallest absolute Gasteiger partial charge is 0.129 e. The normalized spacial score (nSPS) is 25.3. The Kier molecular flexibility index (Phi) is 4.56. The molecule has 1 saturated heterocycles. The van der Waals surface area contributed by atoms with Crippen LogP contribution in [0.2, 0.25) is 5.02 Å². The van der Waals surface area contributed by atoms with Crippen molar-refractivity contribution < 1.29 is 14.6 Å². The van der Waals surface area contributed by atoms with Gasteiger partial charge in [0, 0.05) is 36.2 Å². The topological polar surface area (TPSA) is 43.7 Å². The summed E-state index contributed by atoms with van der Waals surface area (Å²) in [5, 5.41) is 19.3. The van der Waals surface area contributed by atoms with E-state index in [2.05, 4.69) is 0 Å². The molecule has 2 rings (SSSR count). The zero-order valence-corrected chi connectivity index (χ0v) is 10.8. The second-order valence-electron chi connectivity index (χ2n) is 4.77. The molecule has 2 N–H and O–H groups in total. The summed E-state index contributed by atoms with van der Waals surface area (Å²) in [6, 6.07) is 4.63. The van der Waals surface area contributed by atoms with E-state index in [1.165, 1.54) is 6.07 Å². The zero-order chi connectivity index (χ0) is 13.1. The summed E-state index contributed by atoms with van der Waals surface area (Å²) in [7, 11) is 0. The van der Waals surface area contributed by atoms with Crippen LogP contribution >= 0.6 is 11.6 Å². The van der Waals surface area contributed by atoms with Crippen molar-refractivity contribution in [2.45, 2.75) is 19.1 Å². The van der Waals surface area contributed by atoms with Crippen molar-refractivity contribution in [2.75, 3.05) is 19.7 Å². The third-order valence-electron chi connectivity index (χ3n) is 3.45. The molecule has 18 heavy (non-hydrogen) atoms. The number of piperidine rings is 1. The van der Waals surface area contributed by atoms with Crippen molar-refractivity contribution in [2.24, 2.45) is 5.92 Å². The Morgan fingerprint density at radius 2 is 2.22 bits per heavy atom. The molecule has 1 aromatic rings. The predicted molar refractivity (Wildman–Crippen MR) is 67.9 cm³/mol. The first-order chi connectivity index (χ1) is 8.60. The van der Waals surface area contributed by atoms with Crippen LogP contribution < -0.4 is 0 Å². The van der Waals surface area contributed by atoms with Gasteiger partial charge in [0.2, 0.25) is 0 Å². The van der Waals surface area contributed by atoms with Crippen molar-refractivity contribution in [3.8, 4) is 0 Å². The minimum absolute atomic E-state index is 0.00428. The van der Waals surface area contributed by atoms with Gasteiger partial charge in [0.25, 0.3) is 0 Å². The van der Waals surface area contributed by atoms with Crippen molar-refractivity contribution in [1.29, 1.82) is 0 Å². The summed E-state index contributed by atoms with van der Waals surface area (Å²) >= 11 is 5.70. The quantitative estimate of drug-likeness (QED) is 0.880. The monoisotopic (exact) mass is 273 g/mol. The third kappa shape index (κ3) is 3.20. The van der Waals surface area contributed by atoms with Gasteiger partial charge >= 0.3 is 0 Å². The molecule has 5 heteroatoms. The maximum Gasteiger partial charge on any atom is 0.129 e. The van der Waals surface area contributed by atoms with Gasteiger partial charge in [-0.1, -0.05) is 17.7 Å². The number of benzene rings is 1. The molecule has 1 aromatic carbocycles. The minimum Gasteiger partial charge on any atom is -0.396 e. The predicted octanol–water partition coefficient (Wildman–Crippen LogP) is 1.65. The Labute approximate surface area is 111 Å². The highest BCUT2D eigenvalue weighted by Crippen LogP contribution is 2.21. The first-order valence-electron chi connectivity index (χ1n) is 6.05. The molecule has 1 heterocycles. The molecule has 0 spiro atoms. The van der Waals surface area contributed by atoms with Crippen LogP contribution in [0, 0.1) is 11.7 Å². The largest absolute Gasteiger partial charge is 0.396 e. The fourth-order valence-electron chi connectivity index (χ4n) is 2.29. The molecule has 3 nitrogen and oxygen atoms in total. The Morgan fingerprint density at radius 1 is 1.44 bits per heavy atom. The van der Waals surface area contributed by atoms with Gasteiger partial charge in [0.15, 0.2) is 0 Å². The van der Waals surface area contributed by atoms with E-state index in [4.69, 9.17) is 16.7 Å².